The van der Waals surface area contributed by atoms with Gasteiger partial charge in [0, 0.05) is 30.3 Å². The van der Waals surface area contributed by atoms with Crippen LogP contribution in [0.5, 0.6) is 0 Å². The van der Waals surface area contributed by atoms with Crippen molar-refractivity contribution in [3.8, 4) is 0 Å². The second-order valence-electron chi connectivity index (χ2n) is 5.46. The zero-order chi connectivity index (χ0) is 14.7. The van der Waals surface area contributed by atoms with E-state index in [2.05, 4.69) is 6.92 Å². The molecule has 4 N–H and O–H groups in total. The molecule has 1 fully saturated rings. The first-order valence-electron chi connectivity index (χ1n) is 6.93. The van der Waals surface area contributed by atoms with E-state index in [0.717, 1.165) is 19.4 Å². The summed E-state index contributed by atoms with van der Waals surface area (Å²) in [6.07, 6.45) is 1.95. The number of amides is 2. The van der Waals surface area contributed by atoms with E-state index < -0.39 is 5.91 Å². The van der Waals surface area contributed by atoms with Gasteiger partial charge in [0.15, 0.2) is 0 Å². The maximum atomic E-state index is 12.5. The van der Waals surface area contributed by atoms with Gasteiger partial charge in [-0.05, 0) is 43.0 Å². The van der Waals surface area contributed by atoms with Crippen molar-refractivity contribution in [3.63, 3.8) is 0 Å². The number of halogens is 1. The van der Waals surface area contributed by atoms with Gasteiger partial charge in [-0.25, -0.2) is 0 Å². The normalized spacial score (nSPS) is 21.5. The van der Waals surface area contributed by atoms with E-state index in [1.807, 2.05) is 4.90 Å². The van der Waals surface area contributed by atoms with E-state index in [-0.39, 0.29) is 24.4 Å². The largest absolute Gasteiger partial charge is 0.366 e. The molecule has 116 valence electrons. The predicted octanol–water partition coefficient (Wildman–Crippen LogP) is 1.41. The third-order valence-corrected chi connectivity index (χ3v) is 3.93. The smallest absolute Gasteiger partial charge is 0.254 e. The van der Waals surface area contributed by atoms with Gasteiger partial charge in [0.2, 0.25) is 5.91 Å². The minimum atomic E-state index is -0.490. The van der Waals surface area contributed by atoms with Crippen molar-refractivity contribution in [2.45, 2.75) is 25.8 Å². The van der Waals surface area contributed by atoms with Gasteiger partial charge in [0.05, 0.1) is 0 Å². The first-order chi connectivity index (χ1) is 9.52. The molecule has 6 heteroatoms. The fourth-order valence-corrected chi connectivity index (χ4v) is 2.69. The highest BCUT2D eigenvalue weighted by Gasteiger charge is 2.29. The van der Waals surface area contributed by atoms with Crippen LogP contribution >= 0.6 is 12.4 Å². The van der Waals surface area contributed by atoms with Crippen molar-refractivity contribution in [1.29, 1.82) is 0 Å². The van der Waals surface area contributed by atoms with Gasteiger partial charge in [-0.2, -0.15) is 0 Å². The summed E-state index contributed by atoms with van der Waals surface area (Å²) < 4.78 is 0. The van der Waals surface area contributed by atoms with Crippen molar-refractivity contribution in [2.75, 3.05) is 13.1 Å². The lowest BCUT2D eigenvalue weighted by Crippen LogP contribution is -2.49. The zero-order valence-corrected chi connectivity index (χ0v) is 12.9. The average molecular weight is 312 g/mol. The van der Waals surface area contributed by atoms with Gasteiger partial charge >= 0.3 is 0 Å². The van der Waals surface area contributed by atoms with Crippen LogP contribution in [0.2, 0.25) is 0 Å². The van der Waals surface area contributed by atoms with Crippen LogP contribution in [-0.4, -0.2) is 35.8 Å². The first kappa shape index (κ1) is 17.5. The SMILES string of the molecule is CC1CCN(C(=O)c2ccc(C(N)=O)cc2)C(CN)C1.Cl. The lowest BCUT2D eigenvalue weighted by Gasteiger charge is -2.38. The molecule has 1 aliphatic rings. The van der Waals surface area contributed by atoms with E-state index in [9.17, 15) is 9.59 Å². The summed E-state index contributed by atoms with van der Waals surface area (Å²) in [4.78, 5) is 25.4. The number of carbonyl (C=O) groups excluding carboxylic acids is 2. The highest BCUT2D eigenvalue weighted by atomic mass is 35.5. The Balaban J connectivity index is 0.00000220. The number of hydrogen-bond donors (Lipinski definition) is 2. The fraction of sp³-hybridized carbons (Fsp3) is 0.467. The van der Waals surface area contributed by atoms with Gasteiger partial charge in [-0.3, -0.25) is 9.59 Å². The Kier molecular flexibility index (Phi) is 6.18. The molecule has 5 nitrogen and oxygen atoms in total. The third kappa shape index (κ3) is 3.95. The lowest BCUT2D eigenvalue weighted by molar-refractivity contribution is 0.0573. The van der Waals surface area contributed by atoms with Crippen molar-refractivity contribution < 1.29 is 9.59 Å². The second kappa shape index (κ2) is 7.43. The quantitative estimate of drug-likeness (QED) is 0.884. The molecule has 2 amide bonds. The molecule has 0 aliphatic carbocycles. The molecule has 0 saturated carbocycles. The minimum absolute atomic E-state index is 0. The van der Waals surface area contributed by atoms with Crippen LogP contribution in [-0.2, 0) is 0 Å². The number of nitrogens with two attached hydrogens (primary N) is 2. The van der Waals surface area contributed by atoms with Crippen LogP contribution < -0.4 is 11.5 Å². The van der Waals surface area contributed by atoms with Crippen LogP contribution in [0.4, 0.5) is 0 Å². The molecule has 1 aromatic carbocycles. The molecule has 0 radical (unpaired) electrons. The third-order valence-electron chi connectivity index (χ3n) is 3.93. The zero-order valence-electron chi connectivity index (χ0n) is 12.1. The summed E-state index contributed by atoms with van der Waals surface area (Å²) in [6, 6.07) is 6.56. The van der Waals surface area contributed by atoms with Crippen molar-refractivity contribution >= 4 is 24.2 Å². The summed E-state index contributed by atoms with van der Waals surface area (Å²) in [7, 11) is 0. The number of likely N-dealkylation sites (tertiary alicyclic amines) is 1. The summed E-state index contributed by atoms with van der Waals surface area (Å²) in [5, 5.41) is 0. The van der Waals surface area contributed by atoms with Crippen LogP contribution in [0.15, 0.2) is 24.3 Å². The molecule has 2 rings (SSSR count). The Labute approximate surface area is 131 Å². The number of rotatable bonds is 3. The Morgan fingerprint density at radius 1 is 1.24 bits per heavy atom. The lowest BCUT2D eigenvalue weighted by atomic mass is 9.92. The molecule has 0 aromatic heterocycles. The van der Waals surface area contributed by atoms with E-state index in [0.29, 0.717) is 23.6 Å². The Hall–Kier alpha value is -1.59. The molecule has 1 aliphatic heterocycles. The Morgan fingerprint density at radius 3 is 2.33 bits per heavy atom. The molecule has 1 heterocycles. The topological polar surface area (TPSA) is 89.4 Å². The van der Waals surface area contributed by atoms with Gasteiger partial charge in [-0.15, -0.1) is 12.4 Å². The van der Waals surface area contributed by atoms with E-state index in [4.69, 9.17) is 11.5 Å². The molecule has 0 bridgehead atoms. The highest BCUT2D eigenvalue weighted by molar-refractivity contribution is 5.97. The Bertz CT molecular complexity index is 504. The van der Waals surface area contributed by atoms with Gasteiger partial charge in [-0.1, -0.05) is 6.92 Å². The number of carbonyl (C=O) groups is 2. The van der Waals surface area contributed by atoms with Crippen LogP contribution in [0, 0.1) is 5.92 Å². The monoisotopic (exact) mass is 311 g/mol. The van der Waals surface area contributed by atoms with E-state index in [1.54, 1.807) is 24.3 Å². The summed E-state index contributed by atoms with van der Waals surface area (Å²) in [5.41, 5.74) is 12.0. The maximum Gasteiger partial charge on any atom is 0.254 e. The molecular formula is C15H22ClN3O2. The highest BCUT2D eigenvalue weighted by Crippen LogP contribution is 2.23. The maximum absolute atomic E-state index is 12.5. The molecule has 0 spiro atoms. The molecule has 1 aromatic rings. The average Bonchev–Trinajstić information content (AvgIpc) is 2.46. The molecule has 21 heavy (non-hydrogen) atoms. The number of piperidine rings is 1. The molecular weight excluding hydrogens is 290 g/mol. The standard InChI is InChI=1S/C15H21N3O2.ClH/c1-10-6-7-18(13(8-10)9-16)15(20)12-4-2-11(3-5-12)14(17)19;/h2-5,10,13H,6-9,16H2,1H3,(H2,17,19);1H. The van der Waals surface area contributed by atoms with Crippen LogP contribution in [0.25, 0.3) is 0 Å². The van der Waals surface area contributed by atoms with Gasteiger partial charge < -0.3 is 16.4 Å². The second-order valence-corrected chi connectivity index (χ2v) is 5.46. The summed E-state index contributed by atoms with van der Waals surface area (Å²) in [5.74, 6) is 0.0869. The molecule has 2 unspecified atom stereocenters. The van der Waals surface area contributed by atoms with Crippen LogP contribution in [0.1, 0.15) is 40.5 Å². The number of nitrogens with zero attached hydrogens (tertiary/aromatic N) is 1. The fourth-order valence-electron chi connectivity index (χ4n) is 2.69. The molecule has 2 atom stereocenters. The summed E-state index contributed by atoms with van der Waals surface area (Å²) >= 11 is 0. The molecule has 1 saturated heterocycles. The minimum Gasteiger partial charge on any atom is -0.366 e. The van der Waals surface area contributed by atoms with Crippen molar-refractivity contribution in [1.82, 2.24) is 4.90 Å². The van der Waals surface area contributed by atoms with Crippen molar-refractivity contribution in [3.05, 3.63) is 35.4 Å². The Morgan fingerprint density at radius 2 is 1.81 bits per heavy atom. The first-order valence-corrected chi connectivity index (χ1v) is 6.93. The predicted molar refractivity (Wildman–Crippen MR) is 84.5 cm³/mol. The van der Waals surface area contributed by atoms with Crippen molar-refractivity contribution in [2.24, 2.45) is 17.4 Å². The summed E-state index contributed by atoms with van der Waals surface area (Å²) in [6.45, 7) is 3.40. The number of primary amides is 1. The number of benzene rings is 1. The van der Waals surface area contributed by atoms with Crippen LogP contribution in [0.3, 0.4) is 0 Å². The number of hydrogen-bond acceptors (Lipinski definition) is 3. The van der Waals surface area contributed by atoms with Gasteiger partial charge in [0.25, 0.3) is 5.91 Å². The van der Waals surface area contributed by atoms with Gasteiger partial charge in [0.1, 0.15) is 0 Å². The van der Waals surface area contributed by atoms with E-state index >= 15 is 0 Å². The van der Waals surface area contributed by atoms with E-state index in [1.165, 1.54) is 0 Å².